The molecule has 3 aliphatic rings. The van der Waals surface area contributed by atoms with Gasteiger partial charge in [-0.05, 0) is 51.6 Å². The minimum atomic E-state index is 0.0566. The predicted molar refractivity (Wildman–Crippen MR) is 96.2 cm³/mol. The fourth-order valence-corrected chi connectivity index (χ4v) is 5.14. The van der Waals surface area contributed by atoms with Crippen LogP contribution in [0.25, 0.3) is 0 Å². The Morgan fingerprint density at radius 3 is 1.26 bits per heavy atom. The Balaban J connectivity index is 1.97. The Bertz CT molecular complexity index is 921. The second kappa shape index (κ2) is 4.77. The molecule has 0 saturated heterocycles. The van der Waals surface area contributed by atoms with Crippen LogP contribution in [0.4, 0.5) is 0 Å². The SMILES string of the molecule is Clc1cccc2c1C1c3cccc(Cl)c3C2c2c(Cl)cccc21. The zero-order valence-corrected chi connectivity index (χ0v) is 14.3. The summed E-state index contributed by atoms with van der Waals surface area (Å²) in [6.45, 7) is 0. The highest BCUT2D eigenvalue weighted by atomic mass is 35.5. The van der Waals surface area contributed by atoms with Crippen LogP contribution in [-0.4, -0.2) is 0 Å². The van der Waals surface area contributed by atoms with Gasteiger partial charge in [0, 0.05) is 26.9 Å². The second-order valence-electron chi connectivity index (χ2n) is 6.09. The molecule has 0 atom stereocenters. The minimum absolute atomic E-state index is 0.0566. The first-order chi connectivity index (χ1) is 11.2. The maximum Gasteiger partial charge on any atom is 0.0450 e. The highest BCUT2D eigenvalue weighted by molar-refractivity contribution is 6.33. The van der Waals surface area contributed by atoms with Crippen LogP contribution in [0.2, 0.25) is 15.1 Å². The molecule has 0 radical (unpaired) electrons. The van der Waals surface area contributed by atoms with E-state index in [0.717, 1.165) is 15.1 Å². The van der Waals surface area contributed by atoms with Crippen LogP contribution >= 0.6 is 34.8 Å². The largest absolute Gasteiger partial charge is 0.0840 e. The van der Waals surface area contributed by atoms with Crippen LogP contribution in [0.15, 0.2) is 54.6 Å². The topological polar surface area (TPSA) is 0 Å². The minimum Gasteiger partial charge on any atom is -0.0840 e. The summed E-state index contributed by atoms with van der Waals surface area (Å²) < 4.78 is 0. The second-order valence-corrected chi connectivity index (χ2v) is 7.32. The van der Waals surface area contributed by atoms with Crippen LogP contribution in [0.3, 0.4) is 0 Å². The molecule has 0 heterocycles. The summed E-state index contributed by atoms with van der Waals surface area (Å²) in [4.78, 5) is 0. The molecule has 112 valence electrons. The lowest BCUT2D eigenvalue weighted by atomic mass is 9.61. The van der Waals surface area contributed by atoms with E-state index in [1.54, 1.807) is 0 Å². The normalized spacial score (nSPS) is 20.0. The molecular formula is C20H11Cl3. The standard InChI is InChI=1S/C20H11Cl3/c21-13-7-3-6-12-17(13)16-10-4-1-8-14(22)18(10)20(12)19-11(16)5-2-9-15(19)23/h1-9,16,20H. The number of benzene rings is 3. The van der Waals surface area contributed by atoms with Crippen molar-refractivity contribution in [1.82, 2.24) is 0 Å². The molecular weight excluding hydrogens is 347 g/mol. The van der Waals surface area contributed by atoms with Gasteiger partial charge in [-0.15, -0.1) is 0 Å². The molecule has 3 aromatic rings. The Hall–Kier alpha value is -1.47. The third kappa shape index (κ3) is 1.69. The molecule has 0 aliphatic heterocycles. The molecule has 3 heteroatoms. The molecule has 3 aliphatic carbocycles. The summed E-state index contributed by atoms with van der Waals surface area (Å²) in [6.07, 6.45) is 0. The number of hydrogen-bond donors (Lipinski definition) is 0. The molecule has 0 N–H and O–H groups in total. The fourth-order valence-electron chi connectivity index (χ4n) is 4.26. The van der Waals surface area contributed by atoms with Gasteiger partial charge < -0.3 is 0 Å². The van der Waals surface area contributed by atoms with Gasteiger partial charge in [-0.2, -0.15) is 0 Å². The van der Waals surface area contributed by atoms with Gasteiger partial charge in [-0.25, -0.2) is 0 Å². The van der Waals surface area contributed by atoms with Gasteiger partial charge in [0.15, 0.2) is 0 Å². The van der Waals surface area contributed by atoms with Crippen LogP contribution < -0.4 is 0 Å². The van der Waals surface area contributed by atoms with E-state index < -0.39 is 0 Å². The third-order valence-electron chi connectivity index (χ3n) is 5.06. The van der Waals surface area contributed by atoms with Crippen LogP contribution in [0.1, 0.15) is 45.2 Å². The lowest BCUT2D eigenvalue weighted by molar-refractivity contribution is 0.755. The van der Waals surface area contributed by atoms with E-state index in [1.165, 1.54) is 33.4 Å². The molecule has 6 rings (SSSR count). The van der Waals surface area contributed by atoms with E-state index in [1.807, 2.05) is 36.4 Å². The molecule has 2 bridgehead atoms. The van der Waals surface area contributed by atoms with E-state index in [2.05, 4.69) is 18.2 Å². The van der Waals surface area contributed by atoms with E-state index >= 15 is 0 Å². The highest BCUT2D eigenvalue weighted by Gasteiger charge is 2.44. The average Bonchev–Trinajstić information content (AvgIpc) is 2.55. The smallest absolute Gasteiger partial charge is 0.0450 e. The third-order valence-corrected chi connectivity index (χ3v) is 6.05. The first kappa shape index (κ1) is 13.9. The molecule has 0 spiro atoms. The maximum atomic E-state index is 6.59. The summed E-state index contributed by atoms with van der Waals surface area (Å²) in [7, 11) is 0. The van der Waals surface area contributed by atoms with Crippen molar-refractivity contribution in [3.8, 4) is 0 Å². The number of rotatable bonds is 0. The first-order valence-corrected chi connectivity index (χ1v) is 8.66. The molecule has 0 unspecified atom stereocenters. The monoisotopic (exact) mass is 356 g/mol. The Kier molecular flexibility index (Phi) is 2.89. The van der Waals surface area contributed by atoms with Crippen LogP contribution in [-0.2, 0) is 0 Å². The highest BCUT2D eigenvalue weighted by Crippen LogP contribution is 2.59. The van der Waals surface area contributed by atoms with Crippen molar-refractivity contribution < 1.29 is 0 Å². The molecule has 3 aromatic carbocycles. The van der Waals surface area contributed by atoms with Crippen molar-refractivity contribution >= 4 is 34.8 Å². The summed E-state index contributed by atoms with van der Waals surface area (Å²) >= 11 is 19.8. The summed E-state index contributed by atoms with van der Waals surface area (Å²) in [5, 5.41) is 2.41. The van der Waals surface area contributed by atoms with Crippen molar-refractivity contribution in [2.75, 3.05) is 0 Å². The van der Waals surface area contributed by atoms with E-state index in [-0.39, 0.29) is 11.8 Å². The average molecular weight is 358 g/mol. The number of halogens is 3. The zero-order valence-electron chi connectivity index (χ0n) is 12.0. The van der Waals surface area contributed by atoms with Crippen molar-refractivity contribution in [3.63, 3.8) is 0 Å². The summed E-state index contributed by atoms with van der Waals surface area (Å²) in [6, 6.07) is 18.4. The van der Waals surface area contributed by atoms with Gasteiger partial charge in [0.1, 0.15) is 0 Å². The van der Waals surface area contributed by atoms with Gasteiger partial charge in [-0.3, -0.25) is 0 Å². The van der Waals surface area contributed by atoms with Gasteiger partial charge in [-0.1, -0.05) is 71.2 Å². The summed E-state index contributed by atoms with van der Waals surface area (Å²) in [5.74, 6) is 0.159. The quantitative estimate of drug-likeness (QED) is 0.291. The van der Waals surface area contributed by atoms with Crippen molar-refractivity contribution in [3.05, 3.63) is 103 Å². The van der Waals surface area contributed by atoms with Crippen LogP contribution in [0, 0.1) is 0 Å². The molecule has 0 amide bonds. The Morgan fingerprint density at radius 2 is 0.826 bits per heavy atom. The number of hydrogen-bond acceptors (Lipinski definition) is 0. The maximum absolute atomic E-state index is 6.59. The van der Waals surface area contributed by atoms with Crippen molar-refractivity contribution in [2.45, 2.75) is 11.8 Å². The molecule has 0 nitrogen and oxygen atoms in total. The van der Waals surface area contributed by atoms with E-state index in [0.29, 0.717) is 0 Å². The van der Waals surface area contributed by atoms with Crippen molar-refractivity contribution in [2.24, 2.45) is 0 Å². The van der Waals surface area contributed by atoms with E-state index in [9.17, 15) is 0 Å². The van der Waals surface area contributed by atoms with Gasteiger partial charge in [0.2, 0.25) is 0 Å². The summed E-state index contributed by atoms with van der Waals surface area (Å²) in [5.41, 5.74) is 7.27. The lowest BCUT2D eigenvalue weighted by Crippen LogP contribution is -2.28. The van der Waals surface area contributed by atoms with Crippen molar-refractivity contribution in [1.29, 1.82) is 0 Å². The molecule has 0 aromatic heterocycles. The van der Waals surface area contributed by atoms with E-state index in [4.69, 9.17) is 34.8 Å². The lowest BCUT2D eigenvalue weighted by Gasteiger charge is -2.43. The Labute approximate surface area is 149 Å². The Morgan fingerprint density at radius 1 is 0.478 bits per heavy atom. The zero-order chi connectivity index (χ0) is 15.7. The van der Waals surface area contributed by atoms with Gasteiger partial charge in [0.25, 0.3) is 0 Å². The fraction of sp³-hybridized carbons (Fsp3) is 0.100. The predicted octanol–water partition coefficient (Wildman–Crippen LogP) is 6.63. The van der Waals surface area contributed by atoms with Crippen LogP contribution in [0.5, 0.6) is 0 Å². The van der Waals surface area contributed by atoms with Gasteiger partial charge in [0.05, 0.1) is 0 Å². The molecule has 23 heavy (non-hydrogen) atoms. The molecule has 0 fully saturated rings. The van der Waals surface area contributed by atoms with Gasteiger partial charge >= 0.3 is 0 Å². The molecule has 0 saturated carbocycles. The first-order valence-electron chi connectivity index (χ1n) is 7.53.